The maximum atomic E-state index is 13.1. The quantitative estimate of drug-likeness (QED) is 0.385. The predicted octanol–water partition coefficient (Wildman–Crippen LogP) is 6.10. The van der Waals surface area contributed by atoms with Crippen LogP contribution < -0.4 is 5.32 Å². The highest BCUT2D eigenvalue weighted by Gasteiger charge is 2.30. The van der Waals surface area contributed by atoms with Gasteiger partial charge in [0.05, 0.1) is 23.4 Å². The zero-order valence-corrected chi connectivity index (χ0v) is 20.0. The molecular weight excluding hydrogens is 454 g/mol. The highest BCUT2D eigenvalue weighted by atomic mass is 32.1. The number of rotatable bonds is 4. The largest absolute Gasteiger partial charge is 0.450 e. The molecule has 0 saturated heterocycles. The smallest absolute Gasteiger partial charge is 0.410 e. The predicted molar refractivity (Wildman–Crippen MR) is 133 cm³/mol. The van der Waals surface area contributed by atoms with Crippen molar-refractivity contribution in [2.75, 3.05) is 18.5 Å². The van der Waals surface area contributed by atoms with Crippen molar-refractivity contribution in [2.24, 2.45) is 0 Å². The molecule has 0 spiro atoms. The molecule has 0 fully saturated rings. The van der Waals surface area contributed by atoms with Crippen LogP contribution in [0, 0.1) is 6.92 Å². The number of para-hydroxylation sites is 1. The maximum absolute atomic E-state index is 13.1. The Labute approximate surface area is 199 Å². The van der Waals surface area contributed by atoms with E-state index in [2.05, 4.69) is 11.4 Å². The Morgan fingerprint density at radius 1 is 1.15 bits per heavy atom. The summed E-state index contributed by atoms with van der Waals surface area (Å²) in [6.45, 7) is 5.17. The Morgan fingerprint density at radius 2 is 2.00 bits per heavy atom. The summed E-state index contributed by atoms with van der Waals surface area (Å²) in [7, 11) is 0. The zero-order valence-electron chi connectivity index (χ0n) is 18.4. The normalized spacial score (nSPS) is 13.1. The number of fused-ring (bicyclic) bond motifs is 2. The van der Waals surface area contributed by atoms with E-state index in [0.29, 0.717) is 31.7 Å². The number of thiophene rings is 1. The summed E-state index contributed by atoms with van der Waals surface area (Å²) in [4.78, 5) is 33.0. The first-order valence-electron chi connectivity index (χ1n) is 10.8. The van der Waals surface area contributed by atoms with Crippen LogP contribution in [0.2, 0.25) is 0 Å². The van der Waals surface area contributed by atoms with Gasteiger partial charge in [-0.25, -0.2) is 9.78 Å². The van der Waals surface area contributed by atoms with Crippen molar-refractivity contribution in [1.82, 2.24) is 9.88 Å². The molecule has 1 aliphatic heterocycles. The van der Waals surface area contributed by atoms with Crippen LogP contribution >= 0.6 is 22.7 Å². The number of aryl methyl sites for hydroxylation is 1. The Balaban J connectivity index is 1.56. The molecule has 0 atom stereocenters. The highest BCUT2D eigenvalue weighted by molar-refractivity contribution is 7.23. The highest BCUT2D eigenvalue weighted by Crippen LogP contribution is 2.45. The molecule has 2 amide bonds. The van der Waals surface area contributed by atoms with Crippen molar-refractivity contribution < 1.29 is 14.3 Å². The van der Waals surface area contributed by atoms with Gasteiger partial charge >= 0.3 is 6.09 Å². The molecule has 2 aromatic heterocycles. The second-order valence-corrected chi connectivity index (χ2v) is 10.0. The average Bonchev–Trinajstić information content (AvgIpc) is 3.39. The number of thiazole rings is 1. The number of amides is 2. The molecule has 33 heavy (non-hydrogen) atoms. The number of hydrogen-bond donors (Lipinski definition) is 1. The number of anilines is 1. The molecular formula is C25H23N3O3S2. The summed E-state index contributed by atoms with van der Waals surface area (Å²) in [6, 6.07) is 15.6. The van der Waals surface area contributed by atoms with Crippen LogP contribution in [0.1, 0.15) is 33.3 Å². The van der Waals surface area contributed by atoms with Gasteiger partial charge in [-0.1, -0.05) is 29.8 Å². The molecule has 4 aromatic rings. The van der Waals surface area contributed by atoms with Gasteiger partial charge in [0.1, 0.15) is 10.0 Å². The van der Waals surface area contributed by atoms with E-state index in [0.717, 1.165) is 41.8 Å². The fraction of sp³-hybridized carbons (Fsp3) is 0.240. The van der Waals surface area contributed by atoms with E-state index in [1.54, 1.807) is 16.2 Å². The van der Waals surface area contributed by atoms with E-state index in [4.69, 9.17) is 9.72 Å². The van der Waals surface area contributed by atoms with E-state index in [1.165, 1.54) is 11.3 Å². The minimum absolute atomic E-state index is 0.151. The lowest BCUT2D eigenvalue weighted by molar-refractivity contribution is 0.102. The van der Waals surface area contributed by atoms with E-state index in [1.807, 2.05) is 56.3 Å². The van der Waals surface area contributed by atoms with Crippen molar-refractivity contribution >= 4 is 49.9 Å². The van der Waals surface area contributed by atoms with Crippen molar-refractivity contribution in [2.45, 2.75) is 26.8 Å². The number of nitrogens with one attached hydrogen (secondary N) is 1. The summed E-state index contributed by atoms with van der Waals surface area (Å²) in [5, 5.41) is 4.80. The van der Waals surface area contributed by atoms with Crippen molar-refractivity contribution in [1.29, 1.82) is 0 Å². The monoisotopic (exact) mass is 477 g/mol. The minimum atomic E-state index is -0.302. The van der Waals surface area contributed by atoms with E-state index < -0.39 is 0 Å². The van der Waals surface area contributed by atoms with Gasteiger partial charge in [0.25, 0.3) is 5.91 Å². The molecule has 8 heteroatoms. The van der Waals surface area contributed by atoms with Crippen LogP contribution in [0.4, 0.5) is 9.80 Å². The molecule has 0 aliphatic carbocycles. The van der Waals surface area contributed by atoms with Crippen LogP contribution in [0.15, 0.2) is 48.5 Å². The number of benzene rings is 2. The number of ether oxygens (including phenoxy) is 1. The number of carbonyl (C=O) groups is 2. The minimum Gasteiger partial charge on any atom is -0.450 e. The molecule has 1 aliphatic rings. The fourth-order valence-electron chi connectivity index (χ4n) is 4.03. The lowest BCUT2D eigenvalue weighted by Gasteiger charge is -2.26. The van der Waals surface area contributed by atoms with E-state index >= 15 is 0 Å². The van der Waals surface area contributed by atoms with Crippen LogP contribution in [-0.4, -0.2) is 35.0 Å². The summed E-state index contributed by atoms with van der Waals surface area (Å²) in [5.41, 5.74) is 4.71. The summed E-state index contributed by atoms with van der Waals surface area (Å²) >= 11 is 3.14. The first-order valence-corrected chi connectivity index (χ1v) is 12.5. The zero-order chi connectivity index (χ0) is 22.9. The third-order valence-electron chi connectivity index (χ3n) is 5.60. The van der Waals surface area contributed by atoms with Gasteiger partial charge in [-0.3, -0.25) is 4.79 Å². The average molecular weight is 478 g/mol. The Kier molecular flexibility index (Phi) is 5.86. The second kappa shape index (κ2) is 8.96. The van der Waals surface area contributed by atoms with Crippen molar-refractivity contribution in [3.8, 4) is 10.6 Å². The standard InChI is InChI=1S/C25H23N3O3S2/c1-3-31-25(30)28-12-11-17-20(14-28)33-24(27-22(29)16-8-6-7-15(2)13-16)21(17)23-26-18-9-4-5-10-19(18)32-23/h4-10,13H,3,11-12,14H2,1-2H3,(H,27,29). The van der Waals surface area contributed by atoms with Gasteiger partial charge in [-0.15, -0.1) is 22.7 Å². The molecule has 5 rings (SSSR count). The van der Waals surface area contributed by atoms with Gasteiger partial charge in [-0.2, -0.15) is 0 Å². The topological polar surface area (TPSA) is 71.5 Å². The molecule has 0 saturated carbocycles. The maximum Gasteiger partial charge on any atom is 0.410 e. The Bertz CT molecular complexity index is 1330. The first kappa shape index (κ1) is 21.6. The summed E-state index contributed by atoms with van der Waals surface area (Å²) in [5.74, 6) is -0.151. The van der Waals surface area contributed by atoms with Gasteiger partial charge < -0.3 is 15.0 Å². The van der Waals surface area contributed by atoms with Crippen LogP contribution in [-0.2, 0) is 17.7 Å². The molecule has 0 unspecified atom stereocenters. The summed E-state index contributed by atoms with van der Waals surface area (Å²) < 4.78 is 6.31. The number of nitrogens with zero attached hydrogens (tertiary/aromatic N) is 2. The molecule has 3 heterocycles. The molecule has 0 bridgehead atoms. The lowest BCUT2D eigenvalue weighted by Crippen LogP contribution is -2.35. The van der Waals surface area contributed by atoms with Gasteiger partial charge in [0, 0.05) is 22.5 Å². The lowest BCUT2D eigenvalue weighted by atomic mass is 10.0. The van der Waals surface area contributed by atoms with E-state index in [9.17, 15) is 9.59 Å². The third-order valence-corrected chi connectivity index (χ3v) is 7.78. The molecule has 2 aromatic carbocycles. The van der Waals surface area contributed by atoms with Crippen LogP contribution in [0.5, 0.6) is 0 Å². The third kappa shape index (κ3) is 4.24. The SMILES string of the molecule is CCOC(=O)N1CCc2c(sc(NC(=O)c3cccc(C)c3)c2-c2nc3ccccc3s2)C1. The first-order chi connectivity index (χ1) is 16.0. The number of hydrogen-bond acceptors (Lipinski definition) is 6. The molecule has 1 N–H and O–H groups in total. The van der Waals surface area contributed by atoms with Crippen LogP contribution in [0.3, 0.4) is 0 Å². The summed E-state index contributed by atoms with van der Waals surface area (Å²) in [6.07, 6.45) is 0.388. The van der Waals surface area contributed by atoms with Crippen molar-refractivity contribution in [3.05, 3.63) is 70.1 Å². The molecule has 6 nitrogen and oxygen atoms in total. The van der Waals surface area contributed by atoms with Gasteiger partial charge in [-0.05, 0) is 50.1 Å². The van der Waals surface area contributed by atoms with E-state index in [-0.39, 0.29) is 12.0 Å². The fourth-order valence-corrected chi connectivity index (χ4v) is 6.40. The molecule has 168 valence electrons. The number of aromatic nitrogens is 1. The van der Waals surface area contributed by atoms with Crippen molar-refractivity contribution in [3.63, 3.8) is 0 Å². The number of carbonyl (C=O) groups excluding carboxylic acids is 2. The Hall–Kier alpha value is -3.23. The second-order valence-electron chi connectivity index (χ2n) is 7.89. The van der Waals surface area contributed by atoms with Gasteiger partial charge in [0.2, 0.25) is 0 Å². The Morgan fingerprint density at radius 3 is 2.79 bits per heavy atom. The molecule has 0 radical (unpaired) electrons. The van der Waals surface area contributed by atoms with Crippen LogP contribution in [0.25, 0.3) is 20.8 Å². The van der Waals surface area contributed by atoms with Gasteiger partial charge in [0.15, 0.2) is 0 Å².